The van der Waals surface area contributed by atoms with Crippen molar-refractivity contribution in [1.29, 1.82) is 0 Å². The van der Waals surface area contributed by atoms with Crippen molar-refractivity contribution in [1.82, 2.24) is 9.80 Å². The Kier molecular flexibility index (Phi) is 6.39. The Bertz CT molecular complexity index is 462. The zero-order valence-corrected chi connectivity index (χ0v) is 11.5. The van der Waals surface area contributed by atoms with Crippen LogP contribution >= 0.6 is 0 Å². The molecule has 1 aromatic carbocycles. The van der Waals surface area contributed by atoms with Crippen LogP contribution in [0.2, 0.25) is 0 Å². The van der Waals surface area contributed by atoms with Crippen LogP contribution in [0.15, 0.2) is 30.3 Å². The summed E-state index contributed by atoms with van der Waals surface area (Å²) in [5.41, 5.74) is 6.23. The van der Waals surface area contributed by atoms with Gasteiger partial charge in [-0.2, -0.15) is 0 Å². The van der Waals surface area contributed by atoms with Crippen molar-refractivity contribution in [2.24, 2.45) is 5.73 Å². The molecule has 1 rings (SSSR count). The summed E-state index contributed by atoms with van der Waals surface area (Å²) < 4.78 is 0. The number of hydrogen-bond donors (Lipinski definition) is 1. The number of nitrogens with two attached hydrogens (primary N) is 1. The number of amides is 3. The molecule has 0 spiro atoms. The quantitative estimate of drug-likeness (QED) is 0.585. The zero-order chi connectivity index (χ0) is 15.0. The summed E-state index contributed by atoms with van der Waals surface area (Å²) in [5.74, 6) is -1.54. The molecule has 0 atom stereocenters. The third kappa shape index (κ3) is 4.47. The van der Waals surface area contributed by atoms with Gasteiger partial charge in [-0.05, 0) is 18.5 Å². The molecule has 20 heavy (non-hydrogen) atoms. The average Bonchev–Trinajstić information content (AvgIpc) is 2.48. The molecule has 0 saturated heterocycles. The summed E-state index contributed by atoms with van der Waals surface area (Å²) in [7, 11) is 1.53. The molecule has 0 aromatic heterocycles. The molecule has 3 amide bonds. The van der Waals surface area contributed by atoms with E-state index in [1.54, 1.807) is 0 Å². The van der Waals surface area contributed by atoms with Crippen molar-refractivity contribution in [2.45, 2.75) is 13.0 Å². The molecule has 0 fully saturated rings. The first-order valence-electron chi connectivity index (χ1n) is 6.35. The number of imide groups is 1. The second-order valence-electron chi connectivity index (χ2n) is 4.39. The van der Waals surface area contributed by atoms with Crippen LogP contribution in [0.1, 0.15) is 12.0 Å². The highest BCUT2D eigenvalue weighted by Crippen LogP contribution is 2.04. The van der Waals surface area contributed by atoms with Gasteiger partial charge in [-0.3, -0.25) is 19.3 Å². The van der Waals surface area contributed by atoms with Crippen molar-refractivity contribution >= 4 is 18.2 Å². The van der Waals surface area contributed by atoms with Crippen LogP contribution in [0.5, 0.6) is 0 Å². The molecule has 0 aliphatic rings. The van der Waals surface area contributed by atoms with E-state index in [1.165, 1.54) is 11.9 Å². The third-order valence-corrected chi connectivity index (χ3v) is 2.78. The molecule has 0 bridgehead atoms. The monoisotopic (exact) mass is 277 g/mol. The van der Waals surface area contributed by atoms with E-state index in [0.29, 0.717) is 25.9 Å². The van der Waals surface area contributed by atoms with Crippen molar-refractivity contribution in [3.05, 3.63) is 35.9 Å². The SMILES string of the molecule is CN(Cc1ccccc1)C(=O)C(=O)N(C=O)CCCN. The van der Waals surface area contributed by atoms with E-state index in [9.17, 15) is 14.4 Å². The summed E-state index contributed by atoms with van der Waals surface area (Å²) in [6.07, 6.45) is 0.840. The number of carbonyl (C=O) groups excluding carboxylic acids is 3. The van der Waals surface area contributed by atoms with E-state index in [4.69, 9.17) is 5.73 Å². The summed E-state index contributed by atoms with van der Waals surface area (Å²) in [6.45, 7) is 0.824. The zero-order valence-electron chi connectivity index (χ0n) is 11.5. The predicted octanol–water partition coefficient (Wildman–Crippen LogP) is -0.0212. The van der Waals surface area contributed by atoms with Gasteiger partial charge in [-0.15, -0.1) is 0 Å². The predicted molar refractivity (Wildman–Crippen MR) is 74.4 cm³/mol. The second-order valence-corrected chi connectivity index (χ2v) is 4.39. The maximum atomic E-state index is 12.0. The number of likely N-dealkylation sites (N-methyl/N-ethyl adjacent to an activating group) is 1. The fraction of sp³-hybridized carbons (Fsp3) is 0.357. The minimum atomic E-state index is -0.827. The van der Waals surface area contributed by atoms with Gasteiger partial charge in [0.2, 0.25) is 6.41 Å². The van der Waals surface area contributed by atoms with Gasteiger partial charge in [0.15, 0.2) is 0 Å². The lowest BCUT2D eigenvalue weighted by molar-refractivity contribution is -0.153. The molecule has 0 heterocycles. The lowest BCUT2D eigenvalue weighted by Gasteiger charge is -2.20. The van der Waals surface area contributed by atoms with E-state index in [2.05, 4.69) is 0 Å². The molecule has 1 aromatic rings. The first-order chi connectivity index (χ1) is 9.60. The van der Waals surface area contributed by atoms with Crippen LogP contribution in [0.25, 0.3) is 0 Å². The van der Waals surface area contributed by atoms with Crippen molar-refractivity contribution in [2.75, 3.05) is 20.1 Å². The van der Waals surface area contributed by atoms with Gasteiger partial charge >= 0.3 is 11.8 Å². The first kappa shape index (κ1) is 15.8. The molecule has 0 radical (unpaired) electrons. The lowest BCUT2D eigenvalue weighted by atomic mass is 10.2. The van der Waals surface area contributed by atoms with Gasteiger partial charge in [0.05, 0.1) is 0 Å². The Hall–Kier alpha value is -2.21. The number of nitrogens with zero attached hydrogens (tertiary/aromatic N) is 2. The van der Waals surface area contributed by atoms with Gasteiger partial charge < -0.3 is 10.6 Å². The second kappa shape index (κ2) is 8.06. The third-order valence-electron chi connectivity index (χ3n) is 2.78. The van der Waals surface area contributed by atoms with Crippen LogP contribution in [-0.4, -0.2) is 48.2 Å². The van der Waals surface area contributed by atoms with E-state index < -0.39 is 11.8 Å². The minimum Gasteiger partial charge on any atom is -0.333 e. The summed E-state index contributed by atoms with van der Waals surface area (Å²) in [5, 5.41) is 0. The van der Waals surface area contributed by atoms with Gasteiger partial charge in [0.25, 0.3) is 0 Å². The largest absolute Gasteiger partial charge is 0.333 e. The van der Waals surface area contributed by atoms with Crippen LogP contribution in [0.3, 0.4) is 0 Å². The average molecular weight is 277 g/mol. The van der Waals surface area contributed by atoms with Gasteiger partial charge in [0, 0.05) is 20.1 Å². The summed E-state index contributed by atoms with van der Waals surface area (Å²) in [4.78, 5) is 36.8. The van der Waals surface area contributed by atoms with E-state index in [1.807, 2.05) is 30.3 Å². The van der Waals surface area contributed by atoms with Crippen molar-refractivity contribution in [3.8, 4) is 0 Å². The Morgan fingerprint density at radius 1 is 1.20 bits per heavy atom. The van der Waals surface area contributed by atoms with E-state index in [-0.39, 0.29) is 6.54 Å². The molecule has 6 heteroatoms. The normalized spacial score (nSPS) is 9.90. The molecule has 0 aliphatic heterocycles. The Morgan fingerprint density at radius 3 is 2.40 bits per heavy atom. The maximum absolute atomic E-state index is 12.0. The topological polar surface area (TPSA) is 83.7 Å². The molecular formula is C14H19N3O3. The van der Waals surface area contributed by atoms with E-state index >= 15 is 0 Å². The van der Waals surface area contributed by atoms with Gasteiger partial charge in [-0.25, -0.2) is 0 Å². The molecule has 0 aliphatic carbocycles. The lowest BCUT2D eigenvalue weighted by Crippen LogP contribution is -2.43. The highest BCUT2D eigenvalue weighted by atomic mass is 16.2. The van der Waals surface area contributed by atoms with Crippen LogP contribution in [0, 0.1) is 0 Å². The maximum Gasteiger partial charge on any atom is 0.318 e. The molecular weight excluding hydrogens is 258 g/mol. The minimum absolute atomic E-state index is 0.156. The Labute approximate surface area is 118 Å². The Morgan fingerprint density at radius 2 is 1.85 bits per heavy atom. The molecule has 0 saturated carbocycles. The number of rotatable bonds is 6. The van der Waals surface area contributed by atoms with Gasteiger partial charge in [-0.1, -0.05) is 30.3 Å². The van der Waals surface area contributed by atoms with Crippen LogP contribution in [0.4, 0.5) is 0 Å². The van der Waals surface area contributed by atoms with Crippen LogP contribution < -0.4 is 5.73 Å². The smallest absolute Gasteiger partial charge is 0.318 e. The molecule has 6 nitrogen and oxygen atoms in total. The number of carbonyl (C=O) groups is 3. The van der Waals surface area contributed by atoms with Crippen molar-refractivity contribution < 1.29 is 14.4 Å². The van der Waals surface area contributed by atoms with E-state index in [0.717, 1.165) is 10.5 Å². The van der Waals surface area contributed by atoms with Crippen molar-refractivity contribution in [3.63, 3.8) is 0 Å². The summed E-state index contributed by atoms with van der Waals surface area (Å²) >= 11 is 0. The number of hydrogen-bond acceptors (Lipinski definition) is 4. The molecule has 108 valence electrons. The standard InChI is InChI=1S/C14H19N3O3/c1-16(10-12-6-3-2-4-7-12)13(19)14(20)17(11-18)9-5-8-15/h2-4,6-7,11H,5,8-10,15H2,1H3. The molecule has 2 N–H and O–H groups in total. The molecule has 0 unspecified atom stereocenters. The highest BCUT2D eigenvalue weighted by molar-refractivity contribution is 6.36. The first-order valence-corrected chi connectivity index (χ1v) is 6.35. The number of benzene rings is 1. The fourth-order valence-corrected chi connectivity index (χ4v) is 1.68. The summed E-state index contributed by atoms with van der Waals surface area (Å²) in [6, 6.07) is 9.31. The highest BCUT2D eigenvalue weighted by Gasteiger charge is 2.24. The fourth-order valence-electron chi connectivity index (χ4n) is 1.68. The Balaban J connectivity index is 2.63. The van der Waals surface area contributed by atoms with Crippen LogP contribution in [-0.2, 0) is 20.9 Å². The van der Waals surface area contributed by atoms with Gasteiger partial charge in [0.1, 0.15) is 0 Å².